The van der Waals surface area contributed by atoms with Gasteiger partial charge in [-0.05, 0) is 19.4 Å². The molecule has 2 rings (SSSR count). The Hall–Kier alpha value is -1.71. The smallest absolute Gasteiger partial charge is 0.156 e. The minimum absolute atomic E-state index is 0.817. The molecule has 0 aliphatic heterocycles. The van der Waals surface area contributed by atoms with Crippen molar-refractivity contribution in [3.63, 3.8) is 0 Å². The number of aromatic amines is 1. The van der Waals surface area contributed by atoms with Crippen LogP contribution < -0.4 is 0 Å². The van der Waals surface area contributed by atoms with Crippen molar-refractivity contribution in [2.75, 3.05) is 0 Å². The topological polar surface area (TPSA) is 54.5 Å². The molecule has 2 heterocycles. The summed E-state index contributed by atoms with van der Waals surface area (Å²) in [5, 5.41) is 0. The predicted octanol–water partition coefficient (Wildman–Crippen LogP) is 3.54. The van der Waals surface area contributed by atoms with Crippen LogP contribution in [0.3, 0.4) is 0 Å². The highest BCUT2D eigenvalue weighted by Crippen LogP contribution is 2.12. The summed E-state index contributed by atoms with van der Waals surface area (Å²) in [5.74, 6) is 1.71. The highest BCUT2D eigenvalue weighted by Gasteiger charge is 2.04. The zero-order valence-electron chi connectivity index (χ0n) is 11.7. The molecule has 4 nitrogen and oxygen atoms in total. The van der Waals surface area contributed by atoms with Crippen LogP contribution in [0.5, 0.6) is 0 Å². The number of nitrogens with one attached hydrogen (secondary N) is 1. The minimum atomic E-state index is 0.817. The van der Waals surface area contributed by atoms with E-state index in [1.807, 2.05) is 33.0 Å². The minimum Gasteiger partial charge on any atom is -0.341 e. The second-order valence-corrected chi connectivity index (χ2v) is 3.88. The molecular formula is C14H22N4. The van der Waals surface area contributed by atoms with Crippen LogP contribution in [0.4, 0.5) is 0 Å². The van der Waals surface area contributed by atoms with Crippen molar-refractivity contribution < 1.29 is 0 Å². The van der Waals surface area contributed by atoms with Crippen LogP contribution in [0, 0.1) is 6.92 Å². The van der Waals surface area contributed by atoms with Crippen molar-refractivity contribution in [1.29, 1.82) is 0 Å². The number of hydrogen-bond donors (Lipinski definition) is 1. The summed E-state index contributed by atoms with van der Waals surface area (Å²) >= 11 is 0. The Balaban J connectivity index is 0.000000771. The van der Waals surface area contributed by atoms with Gasteiger partial charge in [-0.15, -0.1) is 0 Å². The SMILES string of the molecule is CC.CCCCc1nccc(-c2ncc(C)[nH]2)n1. The number of unbranched alkanes of at least 4 members (excludes halogenated alkanes) is 1. The number of hydrogen-bond acceptors (Lipinski definition) is 3. The number of aryl methyl sites for hydroxylation is 2. The van der Waals surface area contributed by atoms with E-state index in [0.29, 0.717) is 0 Å². The molecule has 0 bridgehead atoms. The molecule has 2 aromatic heterocycles. The van der Waals surface area contributed by atoms with Crippen LogP contribution in [0.15, 0.2) is 18.5 Å². The van der Waals surface area contributed by atoms with Gasteiger partial charge in [-0.1, -0.05) is 27.2 Å². The van der Waals surface area contributed by atoms with Gasteiger partial charge in [0.15, 0.2) is 5.82 Å². The fourth-order valence-electron chi connectivity index (χ4n) is 1.53. The van der Waals surface area contributed by atoms with Crippen molar-refractivity contribution in [1.82, 2.24) is 19.9 Å². The number of rotatable bonds is 4. The zero-order valence-corrected chi connectivity index (χ0v) is 11.7. The number of imidazole rings is 1. The number of nitrogens with zero attached hydrogens (tertiary/aromatic N) is 3. The molecule has 18 heavy (non-hydrogen) atoms. The lowest BCUT2D eigenvalue weighted by molar-refractivity contribution is 0.752. The second-order valence-electron chi connectivity index (χ2n) is 3.88. The molecule has 0 aliphatic rings. The third kappa shape index (κ3) is 3.95. The summed E-state index contributed by atoms with van der Waals surface area (Å²) in [4.78, 5) is 16.2. The van der Waals surface area contributed by atoms with Gasteiger partial charge < -0.3 is 4.98 Å². The van der Waals surface area contributed by atoms with Crippen molar-refractivity contribution in [3.05, 3.63) is 30.0 Å². The molecule has 0 saturated carbocycles. The monoisotopic (exact) mass is 246 g/mol. The maximum Gasteiger partial charge on any atom is 0.156 e. The van der Waals surface area contributed by atoms with Crippen LogP contribution in [-0.4, -0.2) is 19.9 Å². The van der Waals surface area contributed by atoms with Crippen molar-refractivity contribution in [2.45, 2.75) is 47.0 Å². The first-order chi connectivity index (χ1) is 8.79. The first kappa shape index (κ1) is 14.4. The van der Waals surface area contributed by atoms with E-state index < -0.39 is 0 Å². The van der Waals surface area contributed by atoms with Gasteiger partial charge in [-0.2, -0.15) is 0 Å². The molecule has 0 aliphatic carbocycles. The third-order valence-corrected chi connectivity index (χ3v) is 2.40. The van der Waals surface area contributed by atoms with E-state index in [1.54, 1.807) is 6.20 Å². The molecule has 0 atom stereocenters. The Morgan fingerprint density at radius 2 is 2.00 bits per heavy atom. The van der Waals surface area contributed by atoms with Crippen LogP contribution in [0.1, 0.15) is 45.1 Å². The summed E-state index contributed by atoms with van der Waals surface area (Å²) in [6.45, 7) is 8.15. The van der Waals surface area contributed by atoms with Crippen LogP contribution >= 0.6 is 0 Å². The van der Waals surface area contributed by atoms with Crippen LogP contribution in [0.2, 0.25) is 0 Å². The zero-order chi connectivity index (χ0) is 13.4. The van der Waals surface area contributed by atoms with E-state index >= 15 is 0 Å². The lowest BCUT2D eigenvalue weighted by Crippen LogP contribution is -1.97. The summed E-state index contributed by atoms with van der Waals surface area (Å²) in [6.07, 6.45) is 6.83. The Morgan fingerprint density at radius 3 is 2.61 bits per heavy atom. The Kier molecular flexibility index (Phi) is 6.05. The lowest BCUT2D eigenvalue weighted by Gasteiger charge is -2.00. The van der Waals surface area contributed by atoms with Crippen LogP contribution in [0.25, 0.3) is 11.5 Å². The standard InChI is InChI=1S/C12H16N4.C2H6/c1-3-4-5-11-13-7-6-10(16-11)12-14-8-9(2)15-12;1-2/h6-8H,3-5H2,1-2H3,(H,14,15);1-2H3. The summed E-state index contributed by atoms with van der Waals surface area (Å²) < 4.78 is 0. The molecule has 0 saturated heterocycles. The van der Waals surface area contributed by atoms with Crippen molar-refractivity contribution in [3.8, 4) is 11.5 Å². The van der Waals surface area contributed by atoms with Gasteiger partial charge in [0.1, 0.15) is 11.5 Å². The lowest BCUT2D eigenvalue weighted by atomic mass is 10.2. The molecular weight excluding hydrogens is 224 g/mol. The van der Waals surface area contributed by atoms with E-state index in [1.165, 1.54) is 0 Å². The normalized spacial score (nSPS) is 9.78. The Morgan fingerprint density at radius 1 is 1.22 bits per heavy atom. The predicted molar refractivity (Wildman–Crippen MR) is 74.3 cm³/mol. The maximum absolute atomic E-state index is 4.49. The van der Waals surface area contributed by atoms with E-state index in [0.717, 1.165) is 42.3 Å². The number of H-pyrrole nitrogens is 1. The van der Waals surface area contributed by atoms with Gasteiger partial charge in [0.05, 0.1) is 0 Å². The van der Waals surface area contributed by atoms with E-state index in [2.05, 4.69) is 26.9 Å². The highest BCUT2D eigenvalue weighted by molar-refractivity contribution is 5.48. The molecule has 0 fully saturated rings. The largest absolute Gasteiger partial charge is 0.341 e. The molecule has 0 aromatic carbocycles. The summed E-state index contributed by atoms with van der Waals surface area (Å²) in [7, 11) is 0. The second kappa shape index (κ2) is 7.58. The van der Waals surface area contributed by atoms with Gasteiger partial charge >= 0.3 is 0 Å². The average molecular weight is 246 g/mol. The first-order valence-electron chi connectivity index (χ1n) is 6.63. The number of aromatic nitrogens is 4. The fraction of sp³-hybridized carbons (Fsp3) is 0.500. The van der Waals surface area contributed by atoms with Crippen molar-refractivity contribution in [2.24, 2.45) is 0 Å². The fourth-order valence-corrected chi connectivity index (χ4v) is 1.53. The molecule has 2 aromatic rings. The molecule has 0 spiro atoms. The van der Waals surface area contributed by atoms with Crippen molar-refractivity contribution >= 4 is 0 Å². The van der Waals surface area contributed by atoms with E-state index in [-0.39, 0.29) is 0 Å². The van der Waals surface area contributed by atoms with Gasteiger partial charge in [0, 0.05) is 24.5 Å². The third-order valence-electron chi connectivity index (χ3n) is 2.40. The quantitative estimate of drug-likeness (QED) is 0.897. The Labute approximate surface area is 109 Å². The molecule has 0 amide bonds. The summed E-state index contributed by atoms with van der Waals surface area (Å²) in [6, 6.07) is 1.88. The van der Waals surface area contributed by atoms with Gasteiger partial charge in [0.2, 0.25) is 0 Å². The van der Waals surface area contributed by atoms with Crippen LogP contribution in [-0.2, 0) is 6.42 Å². The first-order valence-corrected chi connectivity index (χ1v) is 6.63. The summed E-state index contributed by atoms with van der Waals surface area (Å²) in [5.41, 5.74) is 1.91. The molecule has 0 radical (unpaired) electrons. The molecule has 0 unspecified atom stereocenters. The van der Waals surface area contributed by atoms with E-state index in [9.17, 15) is 0 Å². The van der Waals surface area contributed by atoms with Gasteiger partial charge in [0.25, 0.3) is 0 Å². The molecule has 4 heteroatoms. The average Bonchev–Trinajstić information content (AvgIpc) is 2.86. The highest BCUT2D eigenvalue weighted by atomic mass is 15.0. The van der Waals surface area contributed by atoms with Gasteiger partial charge in [-0.3, -0.25) is 0 Å². The Bertz CT molecular complexity index is 462. The maximum atomic E-state index is 4.49. The van der Waals surface area contributed by atoms with E-state index in [4.69, 9.17) is 0 Å². The molecule has 98 valence electrons. The molecule has 1 N–H and O–H groups in total. The van der Waals surface area contributed by atoms with Gasteiger partial charge in [-0.25, -0.2) is 15.0 Å².